The second-order valence-electron chi connectivity index (χ2n) is 3.41. The third-order valence-electron chi connectivity index (χ3n) is 1.97. The number of primary amides is 1. The molecular weight excluding hydrogens is 282 g/mol. The zero-order chi connectivity index (χ0) is 14.0. The number of amides is 1. The zero-order valence-electron chi connectivity index (χ0n) is 9.11. The zero-order valence-corrected chi connectivity index (χ0v) is 10.7. The molecule has 8 nitrogen and oxygen atoms in total. The molecule has 0 atom stereocenters. The third-order valence-corrected chi connectivity index (χ3v) is 4.66. The maximum atomic E-state index is 11.8. The van der Waals surface area contributed by atoms with Crippen LogP contribution in [0.1, 0.15) is 10.4 Å². The van der Waals surface area contributed by atoms with Gasteiger partial charge in [-0.1, -0.05) is 0 Å². The highest BCUT2D eigenvalue weighted by Gasteiger charge is 2.24. The van der Waals surface area contributed by atoms with Gasteiger partial charge in [-0.05, 0) is 12.1 Å². The van der Waals surface area contributed by atoms with E-state index in [1.54, 1.807) is 0 Å². The van der Waals surface area contributed by atoms with Gasteiger partial charge in [-0.15, -0.1) is 0 Å². The average Bonchev–Trinajstić information content (AvgIpc) is 2.26. The van der Waals surface area contributed by atoms with E-state index in [1.807, 2.05) is 0 Å². The lowest BCUT2D eigenvalue weighted by Crippen LogP contribution is -2.25. The number of sulfone groups is 1. The van der Waals surface area contributed by atoms with Crippen LogP contribution in [0.4, 0.5) is 0 Å². The van der Waals surface area contributed by atoms with Crippen molar-refractivity contribution < 1.29 is 21.6 Å². The second-order valence-corrected chi connectivity index (χ2v) is 7.16. The summed E-state index contributed by atoms with van der Waals surface area (Å²) in [6, 6.07) is 2.54. The van der Waals surface area contributed by atoms with Gasteiger partial charge in [0.25, 0.3) is 5.91 Å². The Morgan fingerprint density at radius 3 is 2.33 bits per heavy atom. The van der Waals surface area contributed by atoms with Crippen molar-refractivity contribution in [3.05, 3.63) is 23.9 Å². The first-order valence-corrected chi connectivity index (χ1v) is 7.98. The molecule has 0 fully saturated rings. The van der Waals surface area contributed by atoms with Crippen molar-refractivity contribution in [2.75, 3.05) is 11.5 Å². The number of carbonyl (C=O) groups excluding carboxylic acids is 1. The standard InChI is InChI=1S/C8H11N3O5S2/c9-7(12)6-2-1-3-11-8(6)17(13,14)4-5-18(10,15)16/h1-3H,4-5H2,(H2,9,12)(H2,10,15,16). The number of rotatable bonds is 5. The predicted octanol–water partition coefficient (Wildman–Crippen LogP) is -1.76. The highest BCUT2D eigenvalue weighted by molar-refractivity contribution is 7.94. The van der Waals surface area contributed by atoms with Crippen LogP contribution < -0.4 is 10.9 Å². The Kier molecular flexibility index (Phi) is 4.04. The molecule has 0 saturated heterocycles. The number of carbonyl (C=O) groups is 1. The SMILES string of the molecule is NC(=O)c1cccnc1S(=O)(=O)CCS(N)(=O)=O. The van der Waals surface area contributed by atoms with Gasteiger partial charge >= 0.3 is 0 Å². The number of hydrogen-bond donors (Lipinski definition) is 2. The number of sulfonamides is 1. The number of primary sulfonamides is 1. The lowest BCUT2D eigenvalue weighted by atomic mass is 10.3. The maximum Gasteiger partial charge on any atom is 0.251 e. The molecule has 0 radical (unpaired) electrons. The van der Waals surface area contributed by atoms with Gasteiger partial charge in [0.05, 0.1) is 17.1 Å². The molecule has 18 heavy (non-hydrogen) atoms. The fourth-order valence-corrected chi connectivity index (χ4v) is 3.87. The molecule has 0 bridgehead atoms. The molecule has 1 heterocycles. The largest absolute Gasteiger partial charge is 0.366 e. The molecule has 0 saturated carbocycles. The second kappa shape index (κ2) is 5.00. The van der Waals surface area contributed by atoms with E-state index in [0.717, 1.165) is 6.20 Å². The highest BCUT2D eigenvalue weighted by atomic mass is 32.2. The lowest BCUT2D eigenvalue weighted by Gasteiger charge is -2.06. The molecule has 0 unspecified atom stereocenters. The van der Waals surface area contributed by atoms with Crippen LogP contribution >= 0.6 is 0 Å². The number of hydrogen-bond acceptors (Lipinski definition) is 6. The van der Waals surface area contributed by atoms with Crippen molar-refractivity contribution in [1.82, 2.24) is 4.98 Å². The van der Waals surface area contributed by atoms with Crippen LogP contribution in [0.2, 0.25) is 0 Å². The van der Waals surface area contributed by atoms with Gasteiger partial charge in [0.2, 0.25) is 10.0 Å². The van der Waals surface area contributed by atoms with Crippen LogP contribution in [0.25, 0.3) is 0 Å². The Morgan fingerprint density at radius 1 is 1.22 bits per heavy atom. The number of nitrogens with zero attached hydrogens (tertiary/aromatic N) is 1. The predicted molar refractivity (Wildman–Crippen MR) is 62.8 cm³/mol. The Bertz CT molecular complexity index is 666. The van der Waals surface area contributed by atoms with Crippen molar-refractivity contribution >= 4 is 25.8 Å². The summed E-state index contributed by atoms with van der Waals surface area (Å²) >= 11 is 0. The molecule has 1 aromatic heterocycles. The number of aromatic nitrogens is 1. The van der Waals surface area contributed by atoms with E-state index >= 15 is 0 Å². The van der Waals surface area contributed by atoms with E-state index in [4.69, 9.17) is 10.9 Å². The van der Waals surface area contributed by atoms with E-state index in [2.05, 4.69) is 4.98 Å². The summed E-state index contributed by atoms with van der Waals surface area (Å²) in [4.78, 5) is 14.6. The molecule has 0 aromatic carbocycles. The van der Waals surface area contributed by atoms with Crippen molar-refractivity contribution in [2.45, 2.75) is 5.03 Å². The van der Waals surface area contributed by atoms with Crippen molar-refractivity contribution in [1.29, 1.82) is 0 Å². The fourth-order valence-electron chi connectivity index (χ4n) is 1.15. The normalized spacial score (nSPS) is 12.3. The van der Waals surface area contributed by atoms with Crippen molar-refractivity contribution in [3.8, 4) is 0 Å². The minimum Gasteiger partial charge on any atom is -0.366 e. The van der Waals surface area contributed by atoms with Gasteiger partial charge in [-0.25, -0.2) is 27.0 Å². The molecule has 1 aromatic rings. The summed E-state index contributed by atoms with van der Waals surface area (Å²) in [7, 11) is -7.96. The average molecular weight is 293 g/mol. The van der Waals surface area contributed by atoms with Crippen molar-refractivity contribution in [3.63, 3.8) is 0 Å². The first-order chi connectivity index (χ1) is 8.13. The Balaban J connectivity index is 3.17. The van der Waals surface area contributed by atoms with E-state index in [9.17, 15) is 21.6 Å². The van der Waals surface area contributed by atoms with Crippen molar-refractivity contribution in [2.24, 2.45) is 10.9 Å². The first-order valence-electron chi connectivity index (χ1n) is 4.61. The topological polar surface area (TPSA) is 150 Å². The summed E-state index contributed by atoms with van der Waals surface area (Å²) in [5.74, 6) is -2.48. The van der Waals surface area contributed by atoms with Gasteiger partial charge in [0.15, 0.2) is 14.9 Å². The monoisotopic (exact) mass is 293 g/mol. The summed E-state index contributed by atoms with van der Waals surface area (Å²) in [5, 5.41) is 4.17. The van der Waals surface area contributed by atoms with E-state index in [-0.39, 0.29) is 5.56 Å². The van der Waals surface area contributed by atoms with E-state index < -0.39 is 42.3 Å². The molecule has 1 amide bonds. The Labute approximate surface area is 104 Å². The smallest absolute Gasteiger partial charge is 0.251 e. The van der Waals surface area contributed by atoms with Crippen LogP contribution in [0.5, 0.6) is 0 Å². The molecule has 0 aliphatic heterocycles. The van der Waals surface area contributed by atoms with Gasteiger partial charge in [0, 0.05) is 6.20 Å². The molecule has 100 valence electrons. The van der Waals surface area contributed by atoms with Crippen LogP contribution in [0.3, 0.4) is 0 Å². The fraction of sp³-hybridized carbons (Fsp3) is 0.250. The molecule has 0 spiro atoms. The molecule has 0 aliphatic rings. The van der Waals surface area contributed by atoms with Crippen LogP contribution in [0.15, 0.2) is 23.4 Å². The summed E-state index contributed by atoms with van der Waals surface area (Å²) < 4.78 is 45.1. The molecule has 0 aliphatic carbocycles. The van der Waals surface area contributed by atoms with E-state index in [1.165, 1.54) is 12.1 Å². The highest BCUT2D eigenvalue weighted by Crippen LogP contribution is 2.13. The van der Waals surface area contributed by atoms with Gasteiger partial charge < -0.3 is 5.73 Å². The first kappa shape index (κ1) is 14.5. The Hall–Kier alpha value is -1.52. The maximum absolute atomic E-state index is 11.8. The lowest BCUT2D eigenvalue weighted by molar-refractivity contribution is 0.0996. The molecule has 4 N–H and O–H groups in total. The van der Waals surface area contributed by atoms with E-state index in [0.29, 0.717) is 0 Å². The number of pyridine rings is 1. The summed E-state index contributed by atoms with van der Waals surface area (Å²) in [5.41, 5.74) is 4.72. The Morgan fingerprint density at radius 2 is 1.83 bits per heavy atom. The minimum absolute atomic E-state index is 0.285. The van der Waals surface area contributed by atoms with Gasteiger partial charge in [-0.2, -0.15) is 0 Å². The summed E-state index contributed by atoms with van der Waals surface area (Å²) in [6.45, 7) is 0. The molecule has 10 heteroatoms. The third kappa shape index (κ3) is 3.75. The van der Waals surface area contributed by atoms with Gasteiger partial charge in [-0.3, -0.25) is 4.79 Å². The molecular formula is C8H11N3O5S2. The van der Waals surface area contributed by atoms with Crippen LogP contribution in [-0.2, 0) is 19.9 Å². The minimum atomic E-state index is -4.04. The summed E-state index contributed by atoms with van der Waals surface area (Å²) in [6.07, 6.45) is 1.16. The quantitative estimate of drug-likeness (QED) is 0.656. The number of nitrogens with two attached hydrogens (primary N) is 2. The molecule has 1 rings (SSSR count). The van der Waals surface area contributed by atoms with Crippen LogP contribution in [-0.4, -0.2) is 39.2 Å². The van der Waals surface area contributed by atoms with Gasteiger partial charge in [0.1, 0.15) is 0 Å². The van der Waals surface area contributed by atoms with Crippen LogP contribution in [0, 0.1) is 0 Å².